The van der Waals surface area contributed by atoms with Gasteiger partial charge in [0.25, 0.3) is 0 Å². The summed E-state index contributed by atoms with van der Waals surface area (Å²) in [6.45, 7) is 1.97. The van der Waals surface area contributed by atoms with E-state index < -0.39 is 0 Å². The Morgan fingerprint density at radius 2 is 2.29 bits per heavy atom. The molecule has 2 heterocycles. The molecule has 0 unspecified atom stereocenters. The van der Waals surface area contributed by atoms with Crippen LogP contribution in [0.15, 0.2) is 41.0 Å². The van der Waals surface area contributed by atoms with Crippen molar-refractivity contribution in [3.8, 4) is 0 Å². The largest absolute Gasteiger partial charge is 0.340 e. The minimum Gasteiger partial charge on any atom is -0.340 e. The van der Waals surface area contributed by atoms with E-state index >= 15 is 0 Å². The van der Waals surface area contributed by atoms with Gasteiger partial charge in [-0.2, -0.15) is 0 Å². The molecule has 0 spiro atoms. The van der Waals surface area contributed by atoms with Gasteiger partial charge >= 0.3 is 0 Å². The van der Waals surface area contributed by atoms with Gasteiger partial charge in [-0.3, -0.25) is 4.99 Å². The molecule has 14 heavy (non-hydrogen) atoms. The van der Waals surface area contributed by atoms with Crippen LogP contribution in [0, 0.1) is 0 Å². The van der Waals surface area contributed by atoms with E-state index in [1.165, 1.54) is 0 Å². The highest BCUT2D eigenvalue weighted by Crippen LogP contribution is 2.14. The van der Waals surface area contributed by atoms with Gasteiger partial charge < -0.3 is 4.57 Å². The number of rotatable bonds is 1. The van der Waals surface area contributed by atoms with Crippen molar-refractivity contribution >= 4 is 11.9 Å². The quantitative estimate of drug-likeness (QED) is 0.615. The summed E-state index contributed by atoms with van der Waals surface area (Å²) in [4.78, 5) is 8.55. The molecule has 1 aromatic heterocycles. The van der Waals surface area contributed by atoms with Gasteiger partial charge in [0, 0.05) is 25.0 Å². The van der Waals surface area contributed by atoms with E-state index in [9.17, 15) is 0 Å². The van der Waals surface area contributed by atoms with Crippen LogP contribution < -0.4 is 0 Å². The van der Waals surface area contributed by atoms with Gasteiger partial charge in [-0.25, -0.2) is 4.98 Å². The molecule has 1 aliphatic rings. The van der Waals surface area contributed by atoms with Crippen molar-refractivity contribution in [2.45, 2.75) is 6.92 Å². The SMILES string of the molecule is CC1=C=CC=C(c2cn(C)cn2)N=C1. The third-order valence-corrected chi connectivity index (χ3v) is 1.92. The molecule has 2 rings (SSSR count). The molecule has 0 aromatic carbocycles. The molecule has 1 aliphatic heterocycles. The molecule has 0 amide bonds. The number of aliphatic imine (C=N–C) groups is 1. The zero-order chi connectivity index (χ0) is 9.97. The topological polar surface area (TPSA) is 30.2 Å². The van der Waals surface area contributed by atoms with Crippen molar-refractivity contribution in [2.24, 2.45) is 12.0 Å². The Bertz CT molecular complexity index is 468. The summed E-state index contributed by atoms with van der Waals surface area (Å²) >= 11 is 0. The molecule has 0 fully saturated rings. The maximum Gasteiger partial charge on any atom is 0.107 e. The van der Waals surface area contributed by atoms with E-state index in [0.717, 1.165) is 17.0 Å². The van der Waals surface area contributed by atoms with E-state index in [0.29, 0.717) is 0 Å². The van der Waals surface area contributed by atoms with Crippen molar-refractivity contribution in [2.75, 3.05) is 0 Å². The monoisotopic (exact) mass is 185 g/mol. The van der Waals surface area contributed by atoms with E-state index in [1.54, 1.807) is 12.5 Å². The fraction of sp³-hybridized carbons (Fsp3) is 0.182. The Morgan fingerprint density at radius 1 is 1.43 bits per heavy atom. The minimum absolute atomic E-state index is 0.870. The zero-order valence-electron chi connectivity index (χ0n) is 8.23. The first-order valence-electron chi connectivity index (χ1n) is 4.42. The van der Waals surface area contributed by atoms with Gasteiger partial charge in [0.2, 0.25) is 0 Å². The second kappa shape index (κ2) is 3.48. The molecule has 70 valence electrons. The fourth-order valence-electron chi connectivity index (χ4n) is 1.20. The summed E-state index contributed by atoms with van der Waals surface area (Å²) in [7, 11) is 1.94. The molecular weight excluding hydrogens is 174 g/mol. The molecule has 0 bridgehead atoms. The van der Waals surface area contributed by atoms with Crippen LogP contribution in [0.5, 0.6) is 0 Å². The third-order valence-electron chi connectivity index (χ3n) is 1.92. The van der Waals surface area contributed by atoms with Crippen LogP contribution in [0.3, 0.4) is 0 Å². The van der Waals surface area contributed by atoms with Gasteiger partial charge in [-0.05, 0) is 19.1 Å². The summed E-state index contributed by atoms with van der Waals surface area (Å²) in [6, 6.07) is 0. The lowest BCUT2D eigenvalue weighted by Gasteiger charge is -1.93. The highest BCUT2D eigenvalue weighted by Gasteiger charge is 2.02. The van der Waals surface area contributed by atoms with Crippen molar-refractivity contribution in [1.29, 1.82) is 0 Å². The Balaban J connectivity index is 2.35. The second-order valence-corrected chi connectivity index (χ2v) is 3.23. The highest BCUT2D eigenvalue weighted by molar-refractivity contribution is 5.84. The van der Waals surface area contributed by atoms with Gasteiger partial charge in [0.15, 0.2) is 0 Å². The van der Waals surface area contributed by atoms with Crippen molar-refractivity contribution in [3.63, 3.8) is 0 Å². The lowest BCUT2D eigenvalue weighted by atomic mass is 10.3. The predicted molar refractivity (Wildman–Crippen MR) is 56.9 cm³/mol. The van der Waals surface area contributed by atoms with Crippen molar-refractivity contribution in [3.05, 3.63) is 41.7 Å². The highest BCUT2D eigenvalue weighted by atomic mass is 15.0. The van der Waals surface area contributed by atoms with Crippen LogP contribution in [-0.4, -0.2) is 15.8 Å². The summed E-state index contributed by atoms with van der Waals surface area (Å²) < 4.78 is 1.90. The normalized spacial score (nSPS) is 15.0. The molecule has 0 N–H and O–H groups in total. The minimum atomic E-state index is 0.870. The van der Waals surface area contributed by atoms with Gasteiger partial charge in [-0.1, -0.05) is 0 Å². The third kappa shape index (κ3) is 1.73. The summed E-state index contributed by atoms with van der Waals surface area (Å²) in [5.74, 6) is 0. The van der Waals surface area contributed by atoms with E-state index in [-0.39, 0.29) is 0 Å². The molecule has 0 radical (unpaired) electrons. The summed E-state index contributed by atoms with van der Waals surface area (Å²) in [6.07, 6.45) is 9.28. The van der Waals surface area contributed by atoms with Crippen LogP contribution in [-0.2, 0) is 7.05 Å². The molecule has 0 saturated heterocycles. The number of allylic oxidation sites excluding steroid dienone is 2. The number of aryl methyl sites for hydroxylation is 1. The number of nitrogens with zero attached hydrogens (tertiary/aromatic N) is 3. The number of hydrogen-bond donors (Lipinski definition) is 0. The molecule has 0 atom stereocenters. The molecule has 0 saturated carbocycles. The zero-order valence-corrected chi connectivity index (χ0v) is 8.23. The fourth-order valence-corrected chi connectivity index (χ4v) is 1.20. The molecule has 1 aromatic rings. The van der Waals surface area contributed by atoms with Crippen molar-refractivity contribution in [1.82, 2.24) is 9.55 Å². The Labute approximate surface area is 82.8 Å². The Hall–Kier alpha value is -1.86. The van der Waals surface area contributed by atoms with Crippen LogP contribution in [0.4, 0.5) is 0 Å². The lowest BCUT2D eigenvalue weighted by molar-refractivity contribution is 0.913. The Morgan fingerprint density at radius 3 is 3.00 bits per heavy atom. The smallest absolute Gasteiger partial charge is 0.107 e. The first kappa shape index (κ1) is 8.73. The van der Waals surface area contributed by atoms with E-state index in [2.05, 4.69) is 15.7 Å². The summed E-state index contributed by atoms with van der Waals surface area (Å²) in [5, 5.41) is 0. The second-order valence-electron chi connectivity index (χ2n) is 3.23. The average Bonchev–Trinajstić information content (AvgIpc) is 2.46. The summed E-state index contributed by atoms with van der Waals surface area (Å²) in [5.41, 5.74) is 5.86. The standard InChI is InChI=1S/C11H11N3/c1-9-4-3-5-10(12-6-9)11-7-14(2)8-13-11/h3,5-8H,1-2H3. The van der Waals surface area contributed by atoms with E-state index in [4.69, 9.17) is 0 Å². The van der Waals surface area contributed by atoms with Crippen LogP contribution in [0.2, 0.25) is 0 Å². The van der Waals surface area contributed by atoms with Crippen LogP contribution in [0.1, 0.15) is 12.6 Å². The van der Waals surface area contributed by atoms with Crippen LogP contribution >= 0.6 is 0 Å². The van der Waals surface area contributed by atoms with Gasteiger partial charge in [0.05, 0.1) is 12.0 Å². The lowest BCUT2D eigenvalue weighted by Crippen LogP contribution is -1.82. The average molecular weight is 185 g/mol. The first-order chi connectivity index (χ1) is 6.75. The molecule has 3 nitrogen and oxygen atoms in total. The van der Waals surface area contributed by atoms with Gasteiger partial charge in [-0.15, -0.1) is 5.73 Å². The number of aromatic nitrogens is 2. The molecular formula is C11H11N3. The first-order valence-corrected chi connectivity index (χ1v) is 4.42. The van der Waals surface area contributed by atoms with Crippen LogP contribution in [0.25, 0.3) is 5.70 Å². The Kier molecular flexibility index (Phi) is 2.17. The maximum absolute atomic E-state index is 4.32. The molecule has 0 aliphatic carbocycles. The molecule has 3 heteroatoms. The number of imidazole rings is 1. The van der Waals surface area contributed by atoms with Crippen molar-refractivity contribution < 1.29 is 0 Å². The predicted octanol–water partition coefficient (Wildman–Crippen LogP) is 1.95. The van der Waals surface area contributed by atoms with E-state index in [1.807, 2.05) is 36.9 Å². The van der Waals surface area contributed by atoms with Gasteiger partial charge in [0.1, 0.15) is 5.69 Å². The number of hydrogen-bond acceptors (Lipinski definition) is 2. The maximum atomic E-state index is 4.32.